The maximum absolute atomic E-state index is 13.1. The molecule has 2 amide bonds. The smallest absolute Gasteiger partial charge is 0.235 e. The van der Waals surface area contributed by atoms with Gasteiger partial charge < -0.3 is 10.6 Å². The molecule has 2 aromatic rings. The second-order valence-corrected chi connectivity index (χ2v) is 6.37. The molecule has 0 saturated heterocycles. The highest BCUT2D eigenvalue weighted by molar-refractivity contribution is 6.00. The Hall–Kier alpha value is -2.62. The third-order valence-electron chi connectivity index (χ3n) is 4.66. The van der Waals surface area contributed by atoms with Crippen LogP contribution in [0, 0.1) is 0 Å². The van der Waals surface area contributed by atoms with Gasteiger partial charge in [0.25, 0.3) is 0 Å². The molecule has 0 spiro atoms. The summed E-state index contributed by atoms with van der Waals surface area (Å²) in [6.07, 6.45) is 3.87. The van der Waals surface area contributed by atoms with E-state index in [0.717, 1.165) is 31.2 Å². The van der Waals surface area contributed by atoms with Crippen LogP contribution in [0.4, 0.5) is 11.4 Å². The Morgan fingerprint density at radius 1 is 0.875 bits per heavy atom. The first-order valence-corrected chi connectivity index (χ1v) is 8.35. The van der Waals surface area contributed by atoms with Gasteiger partial charge in [-0.25, -0.2) is 0 Å². The van der Waals surface area contributed by atoms with E-state index in [2.05, 4.69) is 10.6 Å². The predicted octanol–water partition coefficient (Wildman–Crippen LogP) is 4.10. The molecule has 1 aliphatic carbocycles. The Morgan fingerprint density at radius 3 is 2.12 bits per heavy atom. The van der Waals surface area contributed by atoms with Crippen LogP contribution >= 0.6 is 0 Å². The van der Waals surface area contributed by atoms with Crippen molar-refractivity contribution in [1.82, 2.24) is 0 Å². The Labute approximate surface area is 142 Å². The number of amides is 2. The lowest BCUT2D eigenvalue weighted by atomic mass is 9.78. The van der Waals surface area contributed by atoms with Crippen molar-refractivity contribution in [1.29, 1.82) is 0 Å². The minimum Gasteiger partial charge on any atom is -0.326 e. The van der Waals surface area contributed by atoms with E-state index in [-0.39, 0.29) is 11.8 Å². The number of anilines is 2. The van der Waals surface area contributed by atoms with Gasteiger partial charge in [-0.3, -0.25) is 9.59 Å². The molecule has 24 heavy (non-hydrogen) atoms. The summed E-state index contributed by atoms with van der Waals surface area (Å²) in [4.78, 5) is 24.3. The van der Waals surface area contributed by atoms with Crippen LogP contribution in [0.2, 0.25) is 0 Å². The van der Waals surface area contributed by atoms with E-state index < -0.39 is 5.41 Å². The van der Waals surface area contributed by atoms with Crippen molar-refractivity contribution in [2.45, 2.75) is 38.0 Å². The Kier molecular flexibility index (Phi) is 4.65. The van der Waals surface area contributed by atoms with Crippen molar-refractivity contribution >= 4 is 23.2 Å². The molecule has 4 nitrogen and oxygen atoms in total. The lowest BCUT2D eigenvalue weighted by Crippen LogP contribution is -2.37. The van der Waals surface area contributed by atoms with Gasteiger partial charge >= 0.3 is 0 Å². The van der Waals surface area contributed by atoms with Crippen molar-refractivity contribution < 1.29 is 9.59 Å². The molecule has 1 fully saturated rings. The lowest BCUT2D eigenvalue weighted by molar-refractivity contribution is -0.121. The average molecular weight is 322 g/mol. The minimum absolute atomic E-state index is 0.0335. The fourth-order valence-corrected chi connectivity index (χ4v) is 3.51. The highest BCUT2D eigenvalue weighted by Crippen LogP contribution is 2.42. The predicted molar refractivity (Wildman–Crippen MR) is 96.0 cm³/mol. The Morgan fingerprint density at radius 2 is 1.50 bits per heavy atom. The number of benzene rings is 2. The largest absolute Gasteiger partial charge is 0.326 e. The molecule has 0 bridgehead atoms. The van der Waals surface area contributed by atoms with Crippen LogP contribution in [0.15, 0.2) is 54.6 Å². The molecule has 0 unspecified atom stereocenters. The van der Waals surface area contributed by atoms with E-state index in [1.165, 1.54) is 6.92 Å². The summed E-state index contributed by atoms with van der Waals surface area (Å²) < 4.78 is 0. The molecular formula is C20H22N2O2. The van der Waals surface area contributed by atoms with E-state index in [1.807, 2.05) is 42.5 Å². The molecule has 2 aromatic carbocycles. The van der Waals surface area contributed by atoms with Gasteiger partial charge in [0.15, 0.2) is 0 Å². The van der Waals surface area contributed by atoms with Crippen molar-refractivity contribution in [3.8, 4) is 0 Å². The highest BCUT2D eigenvalue weighted by atomic mass is 16.2. The number of hydrogen-bond acceptors (Lipinski definition) is 2. The number of carbonyl (C=O) groups excluding carboxylic acids is 2. The van der Waals surface area contributed by atoms with Gasteiger partial charge in [-0.15, -0.1) is 0 Å². The highest BCUT2D eigenvalue weighted by Gasteiger charge is 2.42. The van der Waals surface area contributed by atoms with E-state index >= 15 is 0 Å². The second-order valence-electron chi connectivity index (χ2n) is 6.37. The molecule has 3 rings (SSSR count). The maximum Gasteiger partial charge on any atom is 0.235 e. The molecule has 4 heteroatoms. The van der Waals surface area contributed by atoms with E-state index in [4.69, 9.17) is 0 Å². The number of hydrogen-bond donors (Lipinski definition) is 2. The van der Waals surface area contributed by atoms with Crippen LogP contribution in [0.3, 0.4) is 0 Å². The standard InChI is InChI=1S/C20H22N2O2/c1-15(23)21-17-10-7-11-18(14-17)22-19(24)20(12-5-6-13-20)16-8-3-2-4-9-16/h2-4,7-11,14H,5-6,12-13H2,1H3,(H,21,23)(H,22,24). The molecule has 0 aliphatic heterocycles. The first kappa shape index (κ1) is 16.2. The van der Waals surface area contributed by atoms with E-state index in [1.54, 1.807) is 12.1 Å². The normalized spacial score (nSPS) is 15.7. The van der Waals surface area contributed by atoms with Gasteiger partial charge in [0.05, 0.1) is 5.41 Å². The third kappa shape index (κ3) is 3.32. The average Bonchev–Trinajstić information content (AvgIpc) is 3.06. The number of rotatable bonds is 4. The van der Waals surface area contributed by atoms with Crippen molar-refractivity contribution in [2.75, 3.05) is 10.6 Å². The molecular weight excluding hydrogens is 300 g/mol. The minimum atomic E-state index is -0.453. The first-order valence-electron chi connectivity index (χ1n) is 8.35. The summed E-state index contributed by atoms with van der Waals surface area (Å²) in [6.45, 7) is 1.47. The Bertz CT molecular complexity index is 734. The summed E-state index contributed by atoms with van der Waals surface area (Å²) in [5.41, 5.74) is 2.01. The maximum atomic E-state index is 13.1. The van der Waals surface area contributed by atoms with Crippen LogP contribution in [0.1, 0.15) is 38.2 Å². The quantitative estimate of drug-likeness (QED) is 0.890. The van der Waals surface area contributed by atoms with Gasteiger partial charge in [0.1, 0.15) is 0 Å². The van der Waals surface area contributed by atoms with Gasteiger partial charge in [-0.2, -0.15) is 0 Å². The van der Waals surface area contributed by atoms with Crippen LogP contribution in [0.5, 0.6) is 0 Å². The summed E-state index contributed by atoms with van der Waals surface area (Å²) in [5.74, 6) is -0.0961. The summed E-state index contributed by atoms with van der Waals surface area (Å²) >= 11 is 0. The monoisotopic (exact) mass is 322 g/mol. The molecule has 1 saturated carbocycles. The summed E-state index contributed by atoms with van der Waals surface area (Å²) in [5, 5.41) is 5.79. The van der Waals surface area contributed by atoms with Gasteiger partial charge in [-0.05, 0) is 36.6 Å². The SMILES string of the molecule is CC(=O)Nc1cccc(NC(=O)C2(c3ccccc3)CCCC2)c1. The Balaban J connectivity index is 1.84. The van der Waals surface area contributed by atoms with E-state index in [0.29, 0.717) is 11.4 Å². The third-order valence-corrected chi connectivity index (χ3v) is 4.66. The van der Waals surface area contributed by atoms with E-state index in [9.17, 15) is 9.59 Å². The molecule has 0 atom stereocenters. The van der Waals surface area contributed by atoms with Crippen LogP contribution in [-0.2, 0) is 15.0 Å². The van der Waals surface area contributed by atoms with Crippen LogP contribution in [-0.4, -0.2) is 11.8 Å². The van der Waals surface area contributed by atoms with Crippen molar-refractivity contribution in [2.24, 2.45) is 0 Å². The topological polar surface area (TPSA) is 58.2 Å². The fourth-order valence-electron chi connectivity index (χ4n) is 3.51. The van der Waals surface area contributed by atoms with Gasteiger partial charge in [0, 0.05) is 18.3 Å². The van der Waals surface area contributed by atoms with Crippen molar-refractivity contribution in [3.63, 3.8) is 0 Å². The van der Waals surface area contributed by atoms with Crippen molar-refractivity contribution in [3.05, 3.63) is 60.2 Å². The van der Waals surface area contributed by atoms with Gasteiger partial charge in [-0.1, -0.05) is 49.2 Å². The zero-order valence-electron chi connectivity index (χ0n) is 13.8. The molecule has 1 aliphatic rings. The number of nitrogens with one attached hydrogen (secondary N) is 2. The second kappa shape index (κ2) is 6.87. The molecule has 2 N–H and O–H groups in total. The molecule has 0 aromatic heterocycles. The summed E-state index contributed by atoms with van der Waals surface area (Å²) in [6, 6.07) is 17.3. The molecule has 124 valence electrons. The van der Waals surface area contributed by atoms with Crippen LogP contribution < -0.4 is 10.6 Å². The molecule has 0 heterocycles. The fraction of sp³-hybridized carbons (Fsp3) is 0.300. The zero-order valence-corrected chi connectivity index (χ0v) is 13.8. The first-order chi connectivity index (χ1) is 11.6. The van der Waals surface area contributed by atoms with Gasteiger partial charge in [0.2, 0.25) is 11.8 Å². The number of carbonyl (C=O) groups is 2. The molecule has 0 radical (unpaired) electrons. The van der Waals surface area contributed by atoms with Crippen LogP contribution in [0.25, 0.3) is 0 Å². The zero-order chi connectivity index (χ0) is 17.0. The lowest BCUT2D eigenvalue weighted by Gasteiger charge is -2.28. The summed E-state index contributed by atoms with van der Waals surface area (Å²) in [7, 11) is 0.